The van der Waals surface area contributed by atoms with Crippen molar-refractivity contribution in [3.63, 3.8) is 0 Å². The fraction of sp³-hybridized carbons (Fsp3) is 0.0455. The average Bonchev–Trinajstić information content (AvgIpc) is 3.13. The van der Waals surface area contributed by atoms with Crippen LogP contribution in [0.15, 0.2) is 87.8 Å². The van der Waals surface area contributed by atoms with Gasteiger partial charge in [-0.25, -0.2) is 0 Å². The van der Waals surface area contributed by atoms with Crippen molar-refractivity contribution < 1.29 is 4.92 Å². The van der Waals surface area contributed by atoms with E-state index in [2.05, 4.69) is 31.9 Å². The molecule has 4 aromatic rings. The standard InChI is InChI=1S/C22H15Br2N3O2/c23-18-8-4-16(5-9-18)21-13-22(17-6-10-19(24)11-7-17)26(25-21)14-15-2-1-3-20(12-15)27(28)29/h1-13H,14H2. The van der Waals surface area contributed by atoms with Gasteiger partial charge in [0.25, 0.3) is 5.69 Å². The van der Waals surface area contributed by atoms with E-state index in [0.29, 0.717) is 6.54 Å². The molecule has 0 aliphatic carbocycles. The molecule has 4 rings (SSSR count). The smallest absolute Gasteiger partial charge is 0.260 e. The molecule has 0 radical (unpaired) electrons. The molecule has 0 aliphatic heterocycles. The zero-order valence-electron chi connectivity index (χ0n) is 15.1. The lowest BCUT2D eigenvalue weighted by Gasteiger charge is -2.08. The highest BCUT2D eigenvalue weighted by Gasteiger charge is 2.14. The fourth-order valence-corrected chi connectivity index (χ4v) is 3.62. The summed E-state index contributed by atoms with van der Waals surface area (Å²) >= 11 is 6.93. The molecule has 0 spiro atoms. The summed E-state index contributed by atoms with van der Waals surface area (Å²) in [7, 11) is 0. The van der Waals surface area contributed by atoms with Crippen LogP contribution in [0, 0.1) is 10.1 Å². The van der Waals surface area contributed by atoms with Gasteiger partial charge in [0, 0.05) is 26.6 Å². The molecular weight excluding hydrogens is 498 g/mol. The molecule has 29 heavy (non-hydrogen) atoms. The lowest BCUT2D eigenvalue weighted by atomic mass is 10.1. The second-order valence-electron chi connectivity index (χ2n) is 6.51. The van der Waals surface area contributed by atoms with E-state index in [1.54, 1.807) is 12.1 Å². The van der Waals surface area contributed by atoms with Gasteiger partial charge in [0.1, 0.15) is 0 Å². The predicted molar refractivity (Wildman–Crippen MR) is 121 cm³/mol. The van der Waals surface area contributed by atoms with Crippen molar-refractivity contribution in [3.05, 3.63) is 103 Å². The van der Waals surface area contributed by atoms with Gasteiger partial charge in [-0.15, -0.1) is 0 Å². The molecule has 144 valence electrons. The highest BCUT2D eigenvalue weighted by molar-refractivity contribution is 9.10. The minimum atomic E-state index is -0.379. The molecule has 0 saturated heterocycles. The van der Waals surface area contributed by atoms with E-state index in [0.717, 1.165) is 37.0 Å². The molecule has 1 aromatic heterocycles. The van der Waals surface area contributed by atoms with Gasteiger partial charge in [-0.1, -0.05) is 68.3 Å². The Morgan fingerprint density at radius 2 is 1.48 bits per heavy atom. The highest BCUT2D eigenvalue weighted by atomic mass is 79.9. The largest absolute Gasteiger partial charge is 0.269 e. The predicted octanol–water partition coefficient (Wildman–Crippen LogP) is 6.70. The number of aromatic nitrogens is 2. The van der Waals surface area contributed by atoms with Crippen LogP contribution in [0.1, 0.15) is 5.56 Å². The summed E-state index contributed by atoms with van der Waals surface area (Å²) in [5, 5.41) is 15.9. The number of nitrogens with zero attached hydrogens (tertiary/aromatic N) is 3. The topological polar surface area (TPSA) is 61.0 Å². The van der Waals surface area contributed by atoms with Gasteiger partial charge in [-0.05, 0) is 41.5 Å². The third-order valence-electron chi connectivity index (χ3n) is 4.51. The first kappa shape index (κ1) is 19.5. The number of non-ortho nitro benzene ring substituents is 1. The van der Waals surface area contributed by atoms with E-state index in [4.69, 9.17) is 5.10 Å². The Kier molecular flexibility index (Phi) is 5.60. The molecule has 0 bridgehead atoms. The monoisotopic (exact) mass is 511 g/mol. The van der Waals surface area contributed by atoms with Crippen LogP contribution in [0.25, 0.3) is 22.5 Å². The Labute approximate surface area is 184 Å². The Morgan fingerprint density at radius 3 is 2.10 bits per heavy atom. The number of halogens is 2. The molecule has 0 amide bonds. The molecule has 0 saturated carbocycles. The first-order valence-electron chi connectivity index (χ1n) is 8.83. The average molecular weight is 513 g/mol. The Hall–Kier alpha value is -2.77. The maximum absolute atomic E-state index is 11.1. The van der Waals surface area contributed by atoms with Crippen LogP contribution in [0.4, 0.5) is 5.69 Å². The van der Waals surface area contributed by atoms with Crippen LogP contribution < -0.4 is 0 Å². The zero-order chi connectivity index (χ0) is 20.4. The molecule has 3 aromatic carbocycles. The van der Waals surface area contributed by atoms with Crippen molar-refractivity contribution in [2.24, 2.45) is 0 Å². The second kappa shape index (κ2) is 8.31. The van der Waals surface area contributed by atoms with E-state index < -0.39 is 0 Å². The molecule has 0 N–H and O–H groups in total. The van der Waals surface area contributed by atoms with E-state index in [1.165, 1.54) is 6.07 Å². The Morgan fingerprint density at radius 1 is 0.862 bits per heavy atom. The Balaban J connectivity index is 1.78. The van der Waals surface area contributed by atoms with Crippen molar-refractivity contribution in [1.82, 2.24) is 9.78 Å². The molecule has 1 heterocycles. The van der Waals surface area contributed by atoms with Gasteiger partial charge in [0.15, 0.2) is 0 Å². The third kappa shape index (κ3) is 4.46. The summed E-state index contributed by atoms with van der Waals surface area (Å²) < 4.78 is 3.89. The molecule has 0 aliphatic rings. The Bertz CT molecular complexity index is 1170. The second-order valence-corrected chi connectivity index (χ2v) is 8.34. The van der Waals surface area contributed by atoms with Crippen LogP contribution >= 0.6 is 31.9 Å². The summed E-state index contributed by atoms with van der Waals surface area (Å²) in [6.07, 6.45) is 0. The first-order valence-corrected chi connectivity index (χ1v) is 10.4. The molecule has 7 heteroatoms. The lowest BCUT2D eigenvalue weighted by molar-refractivity contribution is -0.384. The minimum Gasteiger partial charge on any atom is -0.260 e. The van der Waals surface area contributed by atoms with Gasteiger partial charge >= 0.3 is 0 Å². The van der Waals surface area contributed by atoms with Gasteiger partial charge in [0.05, 0.1) is 22.9 Å². The van der Waals surface area contributed by atoms with Crippen molar-refractivity contribution in [3.8, 4) is 22.5 Å². The quantitative estimate of drug-likeness (QED) is 0.221. The van der Waals surface area contributed by atoms with Crippen LogP contribution in [-0.4, -0.2) is 14.7 Å². The van der Waals surface area contributed by atoms with E-state index in [-0.39, 0.29) is 10.6 Å². The van der Waals surface area contributed by atoms with Crippen molar-refractivity contribution in [2.75, 3.05) is 0 Å². The number of nitro benzene ring substituents is 1. The molecule has 0 fully saturated rings. The number of nitro groups is 1. The van der Waals surface area contributed by atoms with Gasteiger partial charge in [-0.3, -0.25) is 14.8 Å². The van der Waals surface area contributed by atoms with Gasteiger partial charge in [0.2, 0.25) is 0 Å². The van der Waals surface area contributed by atoms with Crippen LogP contribution in [0.2, 0.25) is 0 Å². The highest BCUT2D eigenvalue weighted by Crippen LogP contribution is 2.29. The van der Waals surface area contributed by atoms with Crippen LogP contribution in [-0.2, 0) is 6.54 Å². The fourth-order valence-electron chi connectivity index (χ4n) is 3.09. The summed E-state index contributed by atoms with van der Waals surface area (Å²) in [6, 6.07) is 24.7. The minimum absolute atomic E-state index is 0.0768. The van der Waals surface area contributed by atoms with E-state index >= 15 is 0 Å². The molecular formula is C22H15Br2N3O2. The van der Waals surface area contributed by atoms with Crippen molar-refractivity contribution in [2.45, 2.75) is 6.54 Å². The zero-order valence-corrected chi connectivity index (χ0v) is 18.3. The SMILES string of the molecule is O=[N+]([O-])c1cccc(Cn2nc(-c3ccc(Br)cc3)cc2-c2ccc(Br)cc2)c1. The van der Waals surface area contributed by atoms with Gasteiger partial charge in [-0.2, -0.15) is 5.10 Å². The van der Waals surface area contributed by atoms with E-state index in [9.17, 15) is 10.1 Å². The van der Waals surface area contributed by atoms with Crippen LogP contribution in [0.3, 0.4) is 0 Å². The van der Waals surface area contributed by atoms with Gasteiger partial charge < -0.3 is 0 Å². The lowest BCUT2D eigenvalue weighted by Crippen LogP contribution is -2.04. The van der Waals surface area contributed by atoms with Crippen LogP contribution in [0.5, 0.6) is 0 Å². The summed E-state index contributed by atoms with van der Waals surface area (Å²) in [5.74, 6) is 0. The molecule has 5 nitrogen and oxygen atoms in total. The summed E-state index contributed by atoms with van der Waals surface area (Å²) in [5.41, 5.74) is 4.72. The van der Waals surface area contributed by atoms with Crippen molar-refractivity contribution in [1.29, 1.82) is 0 Å². The number of hydrogen-bond acceptors (Lipinski definition) is 3. The van der Waals surface area contributed by atoms with Crippen molar-refractivity contribution >= 4 is 37.5 Å². The normalized spacial score (nSPS) is 10.8. The maximum Gasteiger partial charge on any atom is 0.269 e. The summed E-state index contributed by atoms with van der Waals surface area (Å²) in [6.45, 7) is 0.434. The number of rotatable bonds is 5. The maximum atomic E-state index is 11.1. The van der Waals surface area contributed by atoms with E-state index in [1.807, 2.05) is 65.3 Å². The summed E-state index contributed by atoms with van der Waals surface area (Å²) in [4.78, 5) is 10.7. The number of hydrogen-bond donors (Lipinski definition) is 0. The molecule has 0 unspecified atom stereocenters. The molecule has 0 atom stereocenters. The third-order valence-corrected chi connectivity index (χ3v) is 5.57. The number of benzene rings is 3. The first-order chi connectivity index (χ1) is 14.0.